The van der Waals surface area contributed by atoms with Crippen molar-refractivity contribution in [2.24, 2.45) is 0 Å². The van der Waals surface area contributed by atoms with Gasteiger partial charge in [-0.25, -0.2) is 0 Å². The van der Waals surface area contributed by atoms with E-state index in [-0.39, 0.29) is 11.7 Å². The molecule has 3 aromatic rings. The summed E-state index contributed by atoms with van der Waals surface area (Å²) in [5, 5.41) is 10.1. The highest BCUT2D eigenvalue weighted by atomic mass is 35.5. The lowest BCUT2D eigenvalue weighted by Gasteiger charge is -2.26. The number of hydrogen-bond acceptors (Lipinski definition) is 4. The van der Waals surface area contributed by atoms with Crippen LogP contribution in [0.5, 0.6) is 5.75 Å². The number of aromatic nitrogens is 3. The van der Waals surface area contributed by atoms with Gasteiger partial charge in [-0.1, -0.05) is 50.0 Å². The summed E-state index contributed by atoms with van der Waals surface area (Å²) in [6, 6.07) is 9.56. The van der Waals surface area contributed by atoms with E-state index in [0.29, 0.717) is 26.8 Å². The first-order valence-electron chi connectivity index (χ1n) is 9.46. The molecule has 5 nitrogen and oxygen atoms in total. The first-order valence-corrected chi connectivity index (χ1v) is 10.2. The molecule has 0 amide bonds. The third-order valence-electron chi connectivity index (χ3n) is 4.86. The van der Waals surface area contributed by atoms with E-state index < -0.39 is 0 Å². The van der Waals surface area contributed by atoms with Crippen LogP contribution in [0.15, 0.2) is 30.3 Å². The van der Waals surface area contributed by atoms with Crippen LogP contribution in [0.3, 0.4) is 0 Å². The van der Waals surface area contributed by atoms with Gasteiger partial charge in [-0.05, 0) is 48.1 Å². The molecule has 2 aromatic carbocycles. The van der Waals surface area contributed by atoms with Crippen LogP contribution < -0.4 is 4.74 Å². The summed E-state index contributed by atoms with van der Waals surface area (Å²) in [6.07, 6.45) is 2.79. The van der Waals surface area contributed by atoms with Crippen LogP contribution in [0.2, 0.25) is 10.0 Å². The van der Waals surface area contributed by atoms with Gasteiger partial charge in [0.2, 0.25) is 0 Å². The standard InChI is InChI=1S/C21H23Cl2N3O2/c1-21(2,3)13-7-8-18(19(10-13)28-20-6-4-5-9-27-20)26-24-16-11-14(22)15(23)12-17(16)25-26/h7-8,10-12,20H,4-6,9H2,1-3H3. The monoisotopic (exact) mass is 419 g/mol. The molecule has 0 aliphatic carbocycles. The fourth-order valence-corrected chi connectivity index (χ4v) is 3.52. The SMILES string of the molecule is CC(C)(C)c1ccc(-n2nc3cc(Cl)c(Cl)cc3n2)c(OC2CCCCO2)c1. The highest BCUT2D eigenvalue weighted by Crippen LogP contribution is 2.33. The molecule has 0 spiro atoms. The lowest BCUT2D eigenvalue weighted by atomic mass is 9.87. The molecule has 0 bridgehead atoms. The molecule has 1 atom stereocenters. The van der Waals surface area contributed by atoms with Gasteiger partial charge in [0.1, 0.15) is 16.7 Å². The minimum atomic E-state index is -0.253. The predicted octanol–water partition coefficient (Wildman–Crippen LogP) is 5.93. The number of fused-ring (bicyclic) bond motifs is 1. The molecule has 28 heavy (non-hydrogen) atoms. The maximum atomic E-state index is 6.24. The zero-order valence-corrected chi connectivity index (χ0v) is 17.7. The van der Waals surface area contributed by atoms with Gasteiger partial charge >= 0.3 is 0 Å². The van der Waals surface area contributed by atoms with Crippen LogP contribution in [0.1, 0.15) is 45.6 Å². The van der Waals surface area contributed by atoms with Crippen molar-refractivity contribution in [3.8, 4) is 11.4 Å². The first kappa shape index (κ1) is 19.5. The Morgan fingerprint density at radius 2 is 1.71 bits per heavy atom. The number of benzene rings is 2. The van der Waals surface area contributed by atoms with Gasteiger partial charge in [-0.15, -0.1) is 15.0 Å². The van der Waals surface area contributed by atoms with Gasteiger partial charge in [-0.3, -0.25) is 0 Å². The lowest BCUT2D eigenvalue weighted by molar-refractivity contribution is -0.106. The molecule has 1 fully saturated rings. The van der Waals surface area contributed by atoms with E-state index in [1.165, 1.54) is 5.56 Å². The number of nitrogens with zero attached hydrogens (tertiary/aromatic N) is 3. The summed E-state index contributed by atoms with van der Waals surface area (Å²) in [7, 11) is 0. The van der Waals surface area contributed by atoms with Crippen LogP contribution in [0, 0.1) is 0 Å². The maximum Gasteiger partial charge on any atom is 0.199 e. The van der Waals surface area contributed by atoms with Crippen molar-refractivity contribution in [3.05, 3.63) is 45.9 Å². The second-order valence-corrected chi connectivity index (χ2v) is 8.91. The van der Waals surface area contributed by atoms with E-state index in [1.807, 2.05) is 6.07 Å². The molecule has 1 saturated heterocycles. The molecule has 1 aliphatic rings. The molecule has 0 radical (unpaired) electrons. The molecule has 1 unspecified atom stereocenters. The highest BCUT2D eigenvalue weighted by molar-refractivity contribution is 6.42. The normalized spacial score (nSPS) is 17.8. The zero-order valence-electron chi connectivity index (χ0n) is 16.2. The van der Waals surface area contributed by atoms with Gasteiger partial charge in [-0.2, -0.15) is 0 Å². The molecule has 4 rings (SSSR count). The Balaban J connectivity index is 1.78. The second-order valence-electron chi connectivity index (χ2n) is 8.09. The van der Waals surface area contributed by atoms with Gasteiger partial charge in [0, 0.05) is 6.42 Å². The Morgan fingerprint density at radius 3 is 2.29 bits per heavy atom. The maximum absolute atomic E-state index is 6.24. The lowest BCUT2D eigenvalue weighted by Crippen LogP contribution is -2.26. The first-order chi connectivity index (χ1) is 13.3. The summed E-state index contributed by atoms with van der Waals surface area (Å²) < 4.78 is 12.0. The molecular formula is C21H23Cl2N3O2. The molecular weight excluding hydrogens is 397 g/mol. The van der Waals surface area contributed by atoms with Crippen molar-refractivity contribution >= 4 is 34.2 Å². The van der Waals surface area contributed by atoms with Crippen LogP contribution >= 0.6 is 23.2 Å². The van der Waals surface area contributed by atoms with Crippen molar-refractivity contribution in [2.75, 3.05) is 6.61 Å². The van der Waals surface area contributed by atoms with E-state index in [4.69, 9.17) is 32.7 Å². The fraction of sp³-hybridized carbons (Fsp3) is 0.429. The summed E-state index contributed by atoms with van der Waals surface area (Å²) >= 11 is 12.2. The molecule has 1 aromatic heterocycles. The topological polar surface area (TPSA) is 49.2 Å². The molecule has 0 saturated carbocycles. The van der Waals surface area contributed by atoms with Crippen LogP contribution in [0.4, 0.5) is 0 Å². The Bertz CT molecular complexity index is 966. The Morgan fingerprint density at radius 1 is 1.04 bits per heavy atom. The number of halogens is 2. The third kappa shape index (κ3) is 3.97. The van der Waals surface area contributed by atoms with E-state index in [2.05, 4.69) is 43.1 Å². The summed E-state index contributed by atoms with van der Waals surface area (Å²) in [6.45, 7) is 7.24. The molecule has 7 heteroatoms. The van der Waals surface area contributed by atoms with Gasteiger partial charge in [0.15, 0.2) is 12.0 Å². The minimum Gasteiger partial charge on any atom is -0.463 e. The molecule has 0 N–H and O–H groups in total. The van der Waals surface area contributed by atoms with E-state index in [9.17, 15) is 0 Å². The summed E-state index contributed by atoms with van der Waals surface area (Å²) in [5.41, 5.74) is 3.27. The van der Waals surface area contributed by atoms with Crippen molar-refractivity contribution in [2.45, 2.75) is 51.7 Å². The Labute approximate surface area is 174 Å². The van der Waals surface area contributed by atoms with Crippen LogP contribution in [-0.4, -0.2) is 27.9 Å². The quantitative estimate of drug-likeness (QED) is 0.527. The summed E-state index contributed by atoms with van der Waals surface area (Å²) in [5.74, 6) is 0.705. The van der Waals surface area contributed by atoms with Crippen molar-refractivity contribution in [3.63, 3.8) is 0 Å². The van der Waals surface area contributed by atoms with Gasteiger partial charge in [0.25, 0.3) is 0 Å². The third-order valence-corrected chi connectivity index (χ3v) is 5.58. The number of ether oxygens (including phenoxy) is 2. The van der Waals surface area contributed by atoms with Crippen molar-refractivity contribution < 1.29 is 9.47 Å². The minimum absolute atomic E-state index is 0.00658. The smallest absolute Gasteiger partial charge is 0.199 e. The van der Waals surface area contributed by atoms with Gasteiger partial charge < -0.3 is 9.47 Å². The Hall–Kier alpha value is -1.82. The van der Waals surface area contributed by atoms with Crippen LogP contribution in [0.25, 0.3) is 16.7 Å². The van der Waals surface area contributed by atoms with Crippen LogP contribution in [-0.2, 0) is 10.2 Å². The van der Waals surface area contributed by atoms with Gasteiger partial charge in [0.05, 0.1) is 16.7 Å². The van der Waals surface area contributed by atoms with Crippen molar-refractivity contribution in [1.82, 2.24) is 15.0 Å². The average molecular weight is 420 g/mol. The molecule has 148 valence electrons. The number of hydrogen-bond donors (Lipinski definition) is 0. The van der Waals surface area contributed by atoms with E-state index >= 15 is 0 Å². The average Bonchev–Trinajstić information content (AvgIpc) is 3.04. The zero-order chi connectivity index (χ0) is 19.9. The predicted molar refractivity (Wildman–Crippen MR) is 112 cm³/mol. The molecule has 1 aliphatic heterocycles. The van der Waals surface area contributed by atoms with E-state index in [1.54, 1.807) is 16.9 Å². The molecule has 2 heterocycles. The Kier molecular flexibility index (Phi) is 5.25. The fourth-order valence-electron chi connectivity index (χ4n) is 3.21. The highest BCUT2D eigenvalue weighted by Gasteiger charge is 2.22. The summed E-state index contributed by atoms with van der Waals surface area (Å²) in [4.78, 5) is 1.57. The van der Waals surface area contributed by atoms with E-state index in [0.717, 1.165) is 31.6 Å². The van der Waals surface area contributed by atoms with Crippen molar-refractivity contribution in [1.29, 1.82) is 0 Å². The largest absolute Gasteiger partial charge is 0.463 e. The number of rotatable bonds is 3. The second kappa shape index (κ2) is 7.54.